The molecule has 0 saturated carbocycles. The minimum Gasteiger partial charge on any atom is -0.322 e. The normalized spacial score (nSPS) is 20.7. The molecule has 1 heterocycles. The number of hydrogen-bond acceptors (Lipinski definition) is 2. The average Bonchev–Trinajstić information content (AvgIpc) is 2.59. The molecule has 2 N–H and O–H groups in total. The molecule has 126 valence electrons. The highest BCUT2D eigenvalue weighted by Crippen LogP contribution is 2.11. The van der Waals surface area contributed by atoms with Gasteiger partial charge < -0.3 is 9.80 Å². The van der Waals surface area contributed by atoms with Crippen LogP contribution in [0.3, 0.4) is 0 Å². The van der Waals surface area contributed by atoms with Gasteiger partial charge in [-0.15, -0.1) is 0 Å². The van der Waals surface area contributed by atoms with Crippen LogP contribution in [0.5, 0.6) is 0 Å². The fraction of sp³-hybridized carbons (Fsp3) is 0.333. The van der Waals surface area contributed by atoms with Gasteiger partial charge in [0.1, 0.15) is 39.3 Å². The predicted octanol–water partition coefficient (Wildman–Crippen LogP) is 0.732. The van der Waals surface area contributed by atoms with Crippen LogP contribution in [0.1, 0.15) is 11.1 Å². The molecule has 2 aromatic rings. The van der Waals surface area contributed by atoms with E-state index in [1.165, 1.54) is 5.56 Å². The monoisotopic (exact) mass is 347 g/mol. The molecule has 0 aliphatic carbocycles. The molecule has 1 fully saturated rings. The number of non-ortho nitro benzene ring substituents is 1. The average molecular weight is 348 g/mol. The van der Waals surface area contributed by atoms with E-state index >= 15 is 0 Å². The number of halogens is 1. The van der Waals surface area contributed by atoms with E-state index < -0.39 is 0 Å². The van der Waals surface area contributed by atoms with Gasteiger partial charge in [0.25, 0.3) is 5.69 Å². The lowest BCUT2D eigenvalue weighted by Crippen LogP contribution is -3.27. The zero-order chi connectivity index (χ0) is 16.9. The number of nitrogens with zero attached hydrogens (tertiary/aromatic N) is 1. The Morgan fingerprint density at radius 1 is 0.833 bits per heavy atom. The van der Waals surface area contributed by atoms with Crippen LogP contribution in [0.15, 0.2) is 48.5 Å². The van der Waals surface area contributed by atoms with Gasteiger partial charge in [-0.1, -0.05) is 23.7 Å². The largest absolute Gasteiger partial charge is 0.322 e. The first kappa shape index (κ1) is 16.9. The molecule has 0 bridgehead atoms. The predicted molar refractivity (Wildman–Crippen MR) is 93.3 cm³/mol. The number of nitro groups is 1. The Labute approximate surface area is 146 Å². The Kier molecular flexibility index (Phi) is 5.45. The maximum absolute atomic E-state index is 10.7. The summed E-state index contributed by atoms with van der Waals surface area (Å²) in [5, 5.41) is 11.5. The Bertz CT molecular complexity index is 680. The molecule has 1 aliphatic heterocycles. The number of piperazine rings is 1. The molecule has 0 unspecified atom stereocenters. The summed E-state index contributed by atoms with van der Waals surface area (Å²) in [6.07, 6.45) is 0. The molecule has 1 saturated heterocycles. The molecular weight excluding hydrogens is 326 g/mol. The van der Waals surface area contributed by atoms with E-state index in [0.717, 1.165) is 49.9 Å². The number of benzene rings is 2. The summed E-state index contributed by atoms with van der Waals surface area (Å²) in [6.45, 7) is 6.52. The third-order valence-corrected chi connectivity index (χ3v) is 4.88. The second-order valence-electron chi connectivity index (χ2n) is 6.40. The zero-order valence-electron chi connectivity index (χ0n) is 13.5. The lowest BCUT2D eigenvalue weighted by Gasteiger charge is -2.29. The molecule has 0 amide bonds. The molecule has 6 heteroatoms. The van der Waals surface area contributed by atoms with Crippen LogP contribution >= 0.6 is 11.6 Å². The van der Waals surface area contributed by atoms with E-state index in [1.807, 2.05) is 24.3 Å². The van der Waals surface area contributed by atoms with Crippen LogP contribution in [0, 0.1) is 10.1 Å². The van der Waals surface area contributed by atoms with E-state index in [0.29, 0.717) is 0 Å². The van der Waals surface area contributed by atoms with Crippen LogP contribution in [0.25, 0.3) is 0 Å². The third-order valence-electron chi connectivity index (χ3n) is 4.63. The third kappa shape index (κ3) is 4.54. The second kappa shape index (κ2) is 7.75. The topological polar surface area (TPSA) is 52.0 Å². The van der Waals surface area contributed by atoms with Gasteiger partial charge in [0.2, 0.25) is 0 Å². The lowest BCUT2D eigenvalue weighted by atomic mass is 10.1. The number of quaternary nitrogens is 2. The van der Waals surface area contributed by atoms with Crippen molar-refractivity contribution in [2.24, 2.45) is 0 Å². The summed E-state index contributed by atoms with van der Waals surface area (Å²) in [4.78, 5) is 13.5. The SMILES string of the molecule is O=[N+]([O-])c1ccc(C[NH+]2CC[NH+](Cc3ccc(Cl)cc3)CC2)cc1. The van der Waals surface area contributed by atoms with Gasteiger partial charge in [0.05, 0.1) is 4.92 Å². The Hall–Kier alpha value is -1.95. The Morgan fingerprint density at radius 2 is 1.25 bits per heavy atom. The highest BCUT2D eigenvalue weighted by atomic mass is 35.5. The second-order valence-corrected chi connectivity index (χ2v) is 6.84. The number of rotatable bonds is 5. The molecule has 0 radical (unpaired) electrons. The van der Waals surface area contributed by atoms with Crippen molar-refractivity contribution in [3.05, 3.63) is 74.8 Å². The van der Waals surface area contributed by atoms with Crippen molar-refractivity contribution >= 4 is 17.3 Å². The molecule has 24 heavy (non-hydrogen) atoms. The van der Waals surface area contributed by atoms with E-state index in [-0.39, 0.29) is 10.6 Å². The van der Waals surface area contributed by atoms with Crippen molar-refractivity contribution in [1.29, 1.82) is 0 Å². The van der Waals surface area contributed by atoms with E-state index in [4.69, 9.17) is 11.6 Å². The summed E-state index contributed by atoms with van der Waals surface area (Å²) in [5.41, 5.74) is 2.65. The standard InChI is InChI=1S/C18H20ClN3O2/c19-17-5-1-15(2-6-17)13-20-9-11-21(12-10-20)14-16-3-7-18(8-4-16)22(23)24/h1-8H,9-14H2/p+2. The first-order valence-corrected chi connectivity index (χ1v) is 8.63. The van der Waals surface area contributed by atoms with Crippen molar-refractivity contribution in [3.63, 3.8) is 0 Å². The summed E-state index contributed by atoms with van der Waals surface area (Å²) in [6, 6.07) is 15.0. The molecular formula is C18H22ClN3O2+2. The lowest BCUT2D eigenvalue weighted by molar-refractivity contribution is -1.02. The van der Waals surface area contributed by atoms with Gasteiger partial charge in [0.15, 0.2) is 0 Å². The Balaban J connectivity index is 1.48. The molecule has 0 spiro atoms. The van der Waals surface area contributed by atoms with Crippen molar-refractivity contribution in [3.8, 4) is 0 Å². The molecule has 3 rings (SSSR count). The number of hydrogen-bond donors (Lipinski definition) is 2. The molecule has 5 nitrogen and oxygen atoms in total. The summed E-state index contributed by atoms with van der Waals surface area (Å²) < 4.78 is 0. The summed E-state index contributed by atoms with van der Waals surface area (Å²) in [7, 11) is 0. The van der Waals surface area contributed by atoms with Gasteiger partial charge in [-0.05, 0) is 24.3 Å². The molecule has 1 aliphatic rings. The number of nitrogens with one attached hydrogen (secondary N) is 2. The van der Waals surface area contributed by atoms with Crippen LogP contribution < -0.4 is 9.80 Å². The van der Waals surface area contributed by atoms with Gasteiger partial charge in [-0.3, -0.25) is 10.1 Å². The molecule has 0 aromatic heterocycles. The highest BCUT2D eigenvalue weighted by Gasteiger charge is 2.23. The van der Waals surface area contributed by atoms with Gasteiger partial charge in [-0.25, -0.2) is 0 Å². The van der Waals surface area contributed by atoms with Crippen molar-refractivity contribution in [1.82, 2.24) is 0 Å². The highest BCUT2D eigenvalue weighted by molar-refractivity contribution is 6.30. The summed E-state index contributed by atoms with van der Waals surface area (Å²) in [5.74, 6) is 0. The van der Waals surface area contributed by atoms with Crippen LogP contribution in [0.2, 0.25) is 5.02 Å². The fourth-order valence-corrected chi connectivity index (χ4v) is 3.35. The van der Waals surface area contributed by atoms with E-state index in [2.05, 4.69) is 12.1 Å². The summed E-state index contributed by atoms with van der Waals surface area (Å²) >= 11 is 5.93. The van der Waals surface area contributed by atoms with Crippen LogP contribution in [-0.2, 0) is 13.1 Å². The van der Waals surface area contributed by atoms with Crippen molar-refractivity contribution in [2.75, 3.05) is 26.2 Å². The maximum Gasteiger partial charge on any atom is 0.269 e. The first-order valence-electron chi connectivity index (χ1n) is 8.25. The van der Waals surface area contributed by atoms with E-state index in [1.54, 1.807) is 21.9 Å². The smallest absolute Gasteiger partial charge is 0.269 e. The van der Waals surface area contributed by atoms with Crippen LogP contribution in [0.4, 0.5) is 5.69 Å². The minimum atomic E-state index is -0.352. The van der Waals surface area contributed by atoms with Crippen molar-refractivity contribution < 1.29 is 14.7 Å². The fourth-order valence-electron chi connectivity index (χ4n) is 3.23. The molecule has 0 atom stereocenters. The molecule has 2 aromatic carbocycles. The van der Waals surface area contributed by atoms with Gasteiger partial charge in [-0.2, -0.15) is 0 Å². The quantitative estimate of drug-likeness (QED) is 0.619. The zero-order valence-corrected chi connectivity index (χ0v) is 14.3. The minimum absolute atomic E-state index is 0.158. The maximum atomic E-state index is 10.7. The van der Waals surface area contributed by atoms with Crippen molar-refractivity contribution in [2.45, 2.75) is 13.1 Å². The number of nitro benzene ring substituents is 1. The van der Waals surface area contributed by atoms with Crippen LogP contribution in [-0.4, -0.2) is 31.1 Å². The van der Waals surface area contributed by atoms with Gasteiger partial charge in [0, 0.05) is 28.3 Å². The van der Waals surface area contributed by atoms with Gasteiger partial charge >= 0.3 is 0 Å². The first-order chi connectivity index (χ1) is 11.6. The van der Waals surface area contributed by atoms with E-state index in [9.17, 15) is 10.1 Å². The Morgan fingerprint density at radius 3 is 1.67 bits per heavy atom.